The van der Waals surface area contributed by atoms with Crippen LogP contribution < -0.4 is 5.32 Å². The van der Waals surface area contributed by atoms with Crippen LogP contribution in [-0.2, 0) is 17.6 Å². The highest BCUT2D eigenvalue weighted by Gasteiger charge is 2.22. The Hall–Kier alpha value is -2.32. The van der Waals surface area contributed by atoms with Crippen LogP contribution in [0.5, 0.6) is 0 Å². The molecule has 1 N–H and O–H groups in total. The Balaban J connectivity index is 1.82. The molecular weight excluding hydrogens is 378 g/mol. The Kier molecular flexibility index (Phi) is 7.33. The molecule has 0 aliphatic heterocycles. The number of rotatable bonds is 5. The van der Waals surface area contributed by atoms with E-state index in [2.05, 4.69) is 11.4 Å². The summed E-state index contributed by atoms with van der Waals surface area (Å²) in [5, 5.41) is 13.1. The van der Waals surface area contributed by atoms with Crippen LogP contribution in [0.15, 0.2) is 29.3 Å². The van der Waals surface area contributed by atoms with Gasteiger partial charge in [0.25, 0.3) is 0 Å². The van der Waals surface area contributed by atoms with Gasteiger partial charge in [-0.1, -0.05) is 43.7 Å². The number of pyridine rings is 1. The van der Waals surface area contributed by atoms with Gasteiger partial charge in [-0.25, -0.2) is 4.98 Å². The number of aromatic nitrogens is 1. The molecule has 0 radical (unpaired) electrons. The van der Waals surface area contributed by atoms with Gasteiger partial charge < -0.3 is 5.32 Å². The van der Waals surface area contributed by atoms with Crippen molar-refractivity contribution in [2.24, 2.45) is 0 Å². The molecule has 0 bridgehead atoms. The van der Waals surface area contributed by atoms with Crippen molar-refractivity contribution in [1.29, 1.82) is 5.26 Å². The first-order valence-electron chi connectivity index (χ1n) is 10.5. The normalized spacial score (nSPS) is 14.8. The standard InChI is InChI=1S/C24H29N3OS/c1-4-22(23(28)26-21-13-16(2)11-12-17(21)3)29-24-19(15-25)14-18-9-7-5-6-8-10-20(18)27-24/h11-14,22H,4-10H2,1-3H3,(H,26,28). The fourth-order valence-corrected chi connectivity index (χ4v) is 4.68. The highest BCUT2D eigenvalue weighted by molar-refractivity contribution is 8.00. The van der Waals surface area contributed by atoms with E-state index in [9.17, 15) is 10.1 Å². The smallest absolute Gasteiger partial charge is 0.237 e. The van der Waals surface area contributed by atoms with Gasteiger partial charge in [-0.15, -0.1) is 0 Å². The molecule has 0 fully saturated rings. The average molecular weight is 408 g/mol. The number of hydrogen-bond donors (Lipinski definition) is 1. The number of amides is 1. The first kappa shape index (κ1) is 21.4. The van der Waals surface area contributed by atoms with Crippen LogP contribution in [0.1, 0.15) is 67.0 Å². The number of nitrogens with one attached hydrogen (secondary N) is 1. The lowest BCUT2D eigenvalue weighted by Crippen LogP contribution is -2.25. The molecule has 1 aliphatic rings. The van der Waals surface area contributed by atoms with Gasteiger partial charge in [0, 0.05) is 11.4 Å². The minimum atomic E-state index is -0.291. The average Bonchev–Trinajstić information content (AvgIpc) is 2.69. The van der Waals surface area contributed by atoms with E-state index < -0.39 is 0 Å². The summed E-state index contributed by atoms with van der Waals surface area (Å²) in [6.45, 7) is 6.01. The summed E-state index contributed by atoms with van der Waals surface area (Å²) in [4.78, 5) is 17.8. The zero-order chi connectivity index (χ0) is 20.8. The maximum atomic E-state index is 13.0. The second-order valence-electron chi connectivity index (χ2n) is 7.80. The molecular formula is C24H29N3OS. The van der Waals surface area contributed by atoms with Crippen molar-refractivity contribution >= 4 is 23.4 Å². The Bertz CT molecular complexity index is 932. The molecule has 0 spiro atoms. The van der Waals surface area contributed by atoms with Gasteiger partial charge in [-0.05, 0) is 74.8 Å². The third-order valence-corrected chi connectivity index (χ3v) is 6.82. The number of carbonyl (C=O) groups excluding carboxylic acids is 1. The highest BCUT2D eigenvalue weighted by Crippen LogP contribution is 2.31. The zero-order valence-electron chi connectivity index (χ0n) is 17.5. The van der Waals surface area contributed by atoms with Crippen molar-refractivity contribution in [2.75, 3.05) is 5.32 Å². The van der Waals surface area contributed by atoms with Crippen molar-refractivity contribution < 1.29 is 4.79 Å². The van der Waals surface area contributed by atoms with E-state index in [0.717, 1.165) is 48.2 Å². The number of hydrogen-bond acceptors (Lipinski definition) is 4. The molecule has 1 amide bonds. The molecule has 1 heterocycles. The van der Waals surface area contributed by atoms with Gasteiger partial charge in [-0.2, -0.15) is 5.26 Å². The Morgan fingerprint density at radius 3 is 2.69 bits per heavy atom. The third-order valence-electron chi connectivity index (χ3n) is 5.45. The maximum Gasteiger partial charge on any atom is 0.237 e. The van der Waals surface area contributed by atoms with E-state index in [4.69, 9.17) is 4.98 Å². The Labute approximate surface area is 178 Å². The number of benzene rings is 1. The molecule has 0 saturated carbocycles. The highest BCUT2D eigenvalue weighted by atomic mass is 32.2. The van der Waals surface area contributed by atoms with Crippen molar-refractivity contribution in [3.63, 3.8) is 0 Å². The van der Waals surface area contributed by atoms with Crippen molar-refractivity contribution in [2.45, 2.75) is 76.0 Å². The van der Waals surface area contributed by atoms with Crippen molar-refractivity contribution in [3.8, 4) is 6.07 Å². The van der Waals surface area contributed by atoms with Crippen LogP contribution in [-0.4, -0.2) is 16.1 Å². The van der Waals surface area contributed by atoms with Crippen LogP contribution in [0.4, 0.5) is 5.69 Å². The first-order chi connectivity index (χ1) is 14.0. The van der Waals surface area contributed by atoms with E-state index in [1.54, 1.807) is 0 Å². The number of anilines is 1. The van der Waals surface area contributed by atoms with E-state index in [-0.39, 0.29) is 11.2 Å². The summed E-state index contributed by atoms with van der Waals surface area (Å²) in [6, 6.07) is 10.4. The number of nitriles is 1. The van der Waals surface area contributed by atoms with Crippen LogP contribution in [0.2, 0.25) is 0 Å². The minimum absolute atomic E-state index is 0.0383. The second-order valence-corrected chi connectivity index (χ2v) is 8.99. The molecule has 1 aromatic heterocycles. The number of aryl methyl sites for hydroxylation is 4. The molecule has 3 rings (SSSR count). The van der Waals surface area contributed by atoms with Gasteiger partial charge >= 0.3 is 0 Å². The van der Waals surface area contributed by atoms with Crippen LogP contribution >= 0.6 is 11.8 Å². The van der Waals surface area contributed by atoms with Gasteiger partial charge in [0.1, 0.15) is 11.1 Å². The lowest BCUT2D eigenvalue weighted by Gasteiger charge is -2.19. The van der Waals surface area contributed by atoms with Gasteiger partial charge in [0.05, 0.1) is 10.8 Å². The molecule has 2 aromatic rings. The summed E-state index contributed by atoms with van der Waals surface area (Å²) < 4.78 is 0. The summed E-state index contributed by atoms with van der Waals surface area (Å²) in [5.41, 5.74) is 5.91. The predicted octanol–water partition coefficient (Wildman–Crippen LogP) is 5.74. The monoisotopic (exact) mass is 407 g/mol. The first-order valence-corrected chi connectivity index (χ1v) is 11.4. The second kappa shape index (κ2) is 9.93. The van der Waals surface area contributed by atoms with Crippen LogP contribution in [0.25, 0.3) is 0 Å². The molecule has 0 saturated heterocycles. The number of thioether (sulfide) groups is 1. The largest absolute Gasteiger partial charge is 0.325 e. The molecule has 5 heteroatoms. The predicted molar refractivity (Wildman–Crippen MR) is 119 cm³/mol. The summed E-state index contributed by atoms with van der Waals surface area (Å²) in [5.74, 6) is -0.0383. The van der Waals surface area contributed by atoms with E-state index >= 15 is 0 Å². The molecule has 1 atom stereocenters. The van der Waals surface area contributed by atoms with Crippen LogP contribution in [0, 0.1) is 25.2 Å². The third kappa shape index (κ3) is 5.39. The molecule has 4 nitrogen and oxygen atoms in total. The van der Waals surface area contributed by atoms with Gasteiger partial charge in [0.2, 0.25) is 5.91 Å². The lowest BCUT2D eigenvalue weighted by atomic mass is 9.96. The van der Waals surface area contributed by atoms with Gasteiger partial charge in [-0.3, -0.25) is 4.79 Å². The Morgan fingerprint density at radius 2 is 1.97 bits per heavy atom. The molecule has 1 unspecified atom stereocenters. The zero-order valence-corrected chi connectivity index (χ0v) is 18.4. The molecule has 1 aromatic carbocycles. The van der Waals surface area contributed by atoms with E-state index in [1.807, 2.05) is 45.0 Å². The van der Waals surface area contributed by atoms with Crippen LogP contribution in [0.3, 0.4) is 0 Å². The summed E-state index contributed by atoms with van der Waals surface area (Å²) >= 11 is 1.42. The van der Waals surface area contributed by atoms with Gasteiger partial charge in [0.15, 0.2) is 0 Å². The fraction of sp³-hybridized carbons (Fsp3) is 0.458. The SMILES string of the molecule is CCC(Sc1nc2c(cc1C#N)CCCCCC2)C(=O)Nc1cc(C)ccc1C. The van der Waals surface area contributed by atoms with E-state index in [0.29, 0.717) is 17.0 Å². The summed E-state index contributed by atoms with van der Waals surface area (Å²) in [7, 11) is 0. The number of carbonyl (C=O) groups is 1. The Morgan fingerprint density at radius 1 is 1.21 bits per heavy atom. The molecule has 29 heavy (non-hydrogen) atoms. The van der Waals surface area contributed by atoms with E-state index in [1.165, 1.54) is 30.2 Å². The minimum Gasteiger partial charge on any atom is -0.325 e. The number of fused-ring (bicyclic) bond motifs is 1. The molecule has 1 aliphatic carbocycles. The van der Waals surface area contributed by atoms with Crippen molar-refractivity contribution in [1.82, 2.24) is 4.98 Å². The summed E-state index contributed by atoms with van der Waals surface area (Å²) in [6.07, 6.45) is 7.40. The molecule has 152 valence electrons. The topological polar surface area (TPSA) is 65.8 Å². The number of nitrogens with zero attached hydrogens (tertiary/aromatic N) is 2. The fourth-order valence-electron chi connectivity index (χ4n) is 3.68. The lowest BCUT2D eigenvalue weighted by molar-refractivity contribution is -0.115. The quantitative estimate of drug-likeness (QED) is 0.642. The maximum absolute atomic E-state index is 13.0. The van der Waals surface area contributed by atoms with Crippen molar-refractivity contribution in [3.05, 3.63) is 52.2 Å².